The van der Waals surface area contributed by atoms with E-state index >= 15 is 0 Å². The normalized spacial score (nSPS) is 12.3. The van der Waals surface area contributed by atoms with E-state index in [2.05, 4.69) is 14.9 Å². The van der Waals surface area contributed by atoms with Crippen LogP contribution in [0.3, 0.4) is 0 Å². The molecule has 2 aromatic carbocycles. The molecule has 0 radical (unpaired) electrons. The summed E-state index contributed by atoms with van der Waals surface area (Å²) in [6.07, 6.45) is 0.698. The number of halogens is 1. The molecular formula is C23H25FN4O2S. The molecule has 0 spiro atoms. The summed E-state index contributed by atoms with van der Waals surface area (Å²) in [6.45, 7) is 7.73. The highest BCUT2D eigenvalue weighted by Crippen LogP contribution is 2.31. The highest BCUT2D eigenvalue weighted by Gasteiger charge is 2.36. The fourth-order valence-electron chi connectivity index (χ4n) is 3.02. The first-order chi connectivity index (χ1) is 14.7. The van der Waals surface area contributed by atoms with Crippen LogP contribution in [0.4, 0.5) is 10.1 Å². The van der Waals surface area contributed by atoms with Crippen molar-refractivity contribution >= 4 is 29.0 Å². The molecule has 2 amide bonds. The number of nitrogens with zero attached hydrogens (tertiary/aromatic N) is 3. The second-order valence-corrected chi connectivity index (χ2v) is 8.59. The minimum atomic E-state index is -1.02. The predicted octanol–water partition coefficient (Wildman–Crippen LogP) is 4.68. The second kappa shape index (κ2) is 9.34. The Labute approximate surface area is 185 Å². The van der Waals surface area contributed by atoms with E-state index in [9.17, 15) is 14.0 Å². The molecule has 0 fully saturated rings. The van der Waals surface area contributed by atoms with Crippen molar-refractivity contribution in [2.24, 2.45) is 0 Å². The van der Waals surface area contributed by atoms with Crippen LogP contribution in [0.15, 0.2) is 53.9 Å². The Hall–Kier alpha value is -3.13. The first-order valence-electron chi connectivity index (χ1n) is 9.96. The maximum atomic E-state index is 13.6. The highest BCUT2D eigenvalue weighted by atomic mass is 32.1. The lowest BCUT2D eigenvalue weighted by Gasteiger charge is -2.34. The van der Waals surface area contributed by atoms with Crippen molar-refractivity contribution in [3.63, 3.8) is 0 Å². The molecule has 3 rings (SSSR count). The number of benzene rings is 2. The fraction of sp³-hybridized carbons (Fsp3) is 0.304. The van der Waals surface area contributed by atoms with E-state index in [1.54, 1.807) is 17.5 Å². The van der Waals surface area contributed by atoms with Crippen molar-refractivity contribution in [1.29, 1.82) is 0 Å². The number of hydrogen-bond acceptors (Lipinski definition) is 5. The molecule has 1 heterocycles. The Morgan fingerprint density at radius 3 is 2.32 bits per heavy atom. The molecule has 0 saturated carbocycles. The number of nitrogens with one attached hydrogen (secondary N) is 1. The third-order valence-corrected chi connectivity index (χ3v) is 5.65. The molecule has 31 heavy (non-hydrogen) atoms. The van der Waals surface area contributed by atoms with Crippen LogP contribution < -0.4 is 10.2 Å². The molecule has 8 heteroatoms. The molecule has 1 N–H and O–H groups in total. The van der Waals surface area contributed by atoms with Gasteiger partial charge in [0.25, 0.3) is 5.91 Å². The Bertz CT molecular complexity index is 1030. The topological polar surface area (TPSA) is 75.2 Å². The van der Waals surface area contributed by atoms with Gasteiger partial charge in [-0.25, -0.2) is 4.39 Å². The number of amides is 2. The average molecular weight is 441 g/mol. The van der Waals surface area contributed by atoms with Gasteiger partial charge < -0.3 is 5.32 Å². The summed E-state index contributed by atoms with van der Waals surface area (Å²) in [6, 6.07) is 11.9. The molecule has 0 aliphatic carbocycles. The summed E-state index contributed by atoms with van der Waals surface area (Å²) in [4.78, 5) is 28.4. The minimum absolute atomic E-state index is 0.139. The van der Waals surface area contributed by atoms with Crippen molar-refractivity contribution in [3.05, 3.63) is 76.5 Å². The van der Waals surface area contributed by atoms with E-state index in [4.69, 9.17) is 0 Å². The summed E-state index contributed by atoms with van der Waals surface area (Å²) < 4.78 is 17.4. The predicted molar refractivity (Wildman–Crippen MR) is 120 cm³/mol. The molecule has 1 aromatic heterocycles. The first-order valence-corrected chi connectivity index (χ1v) is 10.8. The number of aromatic nitrogens is 2. The zero-order valence-corrected chi connectivity index (χ0v) is 18.7. The van der Waals surface area contributed by atoms with Gasteiger partial charge in [-0.3, -0.25) is 14.5 Å². The monoisotopic (exact) mass is 440 g/mol. The Morgan fingerprint density at radius 2 is 1.77 bits per heavy atom. The summed E-state index contributed by atoms with van der Waals surface area (Å²) in [5, 5.41) is 8.47. The molecule has 6 nitrogen and oxygen atoms in total. The molecule has 0 aliphatic rings. The first kappa shape index (κ1) is 22.6. The molecule has 3 aromatic rings. The quantitative estimate of drug-likeness (QED) is 0.579. The fourth-order valence-corrected chi connectivity index (χ4v) is 3.45. The van der Waals surface area contributed by atoms with E-state index in [1.807, 2.05) is 39.8 Å². The van der Waals surface area contributed by atoms with Gasteiger partial charge in [0.2, 0.25) is 5.91 Å². The molecule has 162 valence electrons. The third-order valence-electron chi connectivity index (χ3n) is 5.15. The maximum absolute atomic E-state index is 13.6. The van der Waals surface area contributed by atoms with Crippen LogP contribution in [0.5, 0.6) is 0 Å². The van der Waals surface area contributed by atoms with Crippen LogP contribution in [0.2, 0.25) is 0 Å². The summed E-state index contributed by atoms with van der Waals surface area (Å²) in [7, 11) is 0. The molecule has 1 unspecified atom stereocenters. The SMILES string of the molecule is CCC(C)(C)NC(=O)C(c1ccc(F)cc1)N(C(=O)c1csnn1)c1ccc(C)cc1. The lowest BCUT2D eigenvalue weighted by molar-refractivity contribution is -0.124. The number of anilines is 1. The van der Waals surface area contributed by atoms with Crippen molar-refractivity contribution < 1.29 is 14.0 Å². The highest BCUT2D eigenvalue weighted by molar-refractivity contribution is 7.03. The van der Waals surface area contributed by atoms with E-state index in [0.717, 1.165) is 17.1 Å². The van der Waals surface area contributed by atoms with Crippen molar-refractivity contribution in [1.82, 2.24) is 14.9 Å². The van der Waals surface area contributed by atoms with Crippen LogP contribution in [0, 0.1) is 12.7 Å². The number of aryl methyl sites for hydroxylation is 1. The van der Waals surface area contributed by atoms with E-state index < -0.39 is 23.3 Å². The minimum Gasteiger partial charge on any atom is -0.349 e. The smallest absolute Gasteiger partial charge is 0.280 e. The summed E-state index contributed by atoms with van der Waals surface area (Å²) in [5.41, 5.74) is 1.69. The largest absolute Gasteiger partial charge is 0.349 e. The van der Waals surface area contributed by atoms with Gasteiger partial charge >= 0.3 is 0 Å². The van der Waals surface area contributed by atoms with Gasteiger partial charge in [-0.15, -0.1) is 5.10 Å². The number of rotatable bonds is 7. The molecule has 0 saturated heterocycles. The zero-order chi connectivity index (χ0) is 22.6. The van der Waals surface area contributed by atoms with Crippen molar-refractivity contribution in [2.45, 2.75) is 45.7 Å². The van der Waals surface area contributed by atoms with Crippen molar-refractivity contribution in [2.75, 3.05) is 4.90 Å². The third kappa shape index (κ3) is 5.32. The second-order valence-electron chi connectivity index (χ2n) is 7.98. The van der Waals surface area contributed by atoms with Gasteiger partial charge in [0.15, 0.2) is 5.69 Å². The summed E-state index contributed by atoms with van der Waals surface area (Å²) >= 11 is 1.06. The van der Waals surface area contributed by atoms with Gasteiger partial charge in [-0.1, -0.05) is 41.2 Å². The van der Waals surface area contributed by atoms with E-state index in [1.165, 1.54) is 29.2 Å². The van der Waals surface area contributed by atoms with Gasteiger partial charge in [-0.2, -0.15) is 0 Å². The average Bonchev–Trinajstić information content (AvgIpc) is 3.28. The van der Waals surface area contributed by atoms with Crippen LogP contribution in [-0.2, 0) is 4.79 Å². The maximum Gasteiger partial charge on any atom is 0.280 e. The van der Waals surface area contributed by atoms with E-state index in [0.29, 0.717) is 17.7 Å². The van der Waals surface area contributed by atoms with Crippen LogP contribution in [0.1, 0.15) is 54.8 Å². The number of hydrogen-bond donors (Lipinski definition) is 1. The molecule has 1 atom stereocenters. The van der Waals surface area contributed by atoms with Crippen molar-refractivity contribution in [3.8, 4) is 0 Å². The molecular weight excluding hydrogens is 415 g/mol. The number of carbonyl (C=O) groups is 2. The standard InChI is InChI=1S/C23H25FN4O2S/c1-5-23(3,4)25-21(29)20(16-8-10-17(24)11-9-16)28(18-12-6-15(2)7-13-18)22(30)19-14-31-27-26-19/h6-14,20H,5H2,1-4H3,(H,25,29). The lowest BCUT2D eigenvalue weighted by atomic mass is 9.98. The van der Waals surface area contributed by atoms with Gasteiger partial charge in [0.05, 0.1) is 0 Å². The van der Waals surface area contributed by atoms with Gasteiger partial charge in [0.1, 0.15) is 11.9 Å². The van der Waals surface area contributed by atoms with Gasteiger partial charge in [0, 0.05) is 16.6 Å². The summed E-state index contributed by atoms with van der Waals surface area (Å²) in [5.74, 6) is -1.25. The van der Waals surface area contributed by atoms with Gasteiger partial charge in [-0.05, 0) is 68.6 Å². The van der Waals surface area contributed by atoms with E-state index in [-0.39, 0.29) is 11.6 Å². The van der Waals surface area contributed by atoms with Crippen LogP contribution in [-0.4, -0.2) is 26.9 Å². The number of carbonyl (C=O) groups excluding carboxylic acids is 2. The van der Waals surface area contributed by atoms with Crippen LogP contribution >= 0.6 is 11.5 Å². The molecule has 0 bridgehead atoms. The molecule has 0 aliphatic heterocycles. The lowest BCUT2D eigenvalue weighted by Crippen LogP contribution is -2.50. The Morgan fingerprint density at radius 1 is 1.13 bits per heavy atom. The Kier molecular flexibility index (Phi) is 6.80. The Balaban J connectivity index is 2.15. The zero-order valence-electron chi connectivity index (χ0n) is 17.9. The van der Waals surface area contributed by atoms with Crippen LogP contribution in [0.25, 0.3) is 0 Å².